The van der Waals surface area contributed by atoms with Gasteiger partial charge in [0, 0.05) is 12.2 Å². The molecule has 0 bridgehead atoms. The van der Waals surface area contributed by atoms with Gasteiger partial charge in [-0.25, -0.2) is 4.98 Å². The second-order valence-corrected chi connectivity index (χ2v) is 9.14. The Hall–Kier alpha value is -3.58. The third kappa shape index (κ3) is 4.99. The first-order chi connectivity index (χ1) is 16.5. The van der Waals surface area contributed by atoms with Crippen LogP contribution in [-0.2, 0) is 11.3 Å². The number of nitrogens with zero attached hydrogens (tertiary/aromatic N) is 3. The number of para-hydroxylation sites is 2. The third-order valence-corrected chi connectivity index (χ3v) is 6.68. The Morgan fingerprint density at radius 1 is 1.03 bits per heavy atom. The SMILES string of the molecule is CCN(C(=O)C(C)Sc1nc2ccccc2c(=O)n1Cc1ccc(OC)cc1)c1ccccc1. The molecule has 0 radical (unpaired) electrons. The minimum Gasteiger partial charge on any atom is -0.497 e. The number of carbonyl (C=O) groups is 1. The Bertz CT molecular complexity index is 1340. The van der Waals surface area contributed by atoms with Gasteiger partial charge in [-0.2, -0.15) is 0 Å². The van der Waals surface area contributed by atoms with Gasteiger partial charge in [0.1, 0.15) is 5.75 Å². The number of methoxy groups -OCH3 is 1. The molecule has 6 nitrogen and oxygen atoms in total. The zero-order chi connectivity index (χ0) is 24.1. The summed E-state index contributed by atoms with van der Waals surface area (Å²) in [4.78, 5) is 33.3. The maximum atomic E-state index is 13.4. The van der Waals surface area contributed by atoms with Crippen LogP contribution < -0.4 is 15.2 Å². The van der Waals surface area contributed by atoms with Crippen LogP contribution in [0.3, 0.4) is 0 Å². The first kappa shape index (κ1) is 23.6. The van der Waals surface area contributed by atoms with Crippen LogP contribution in [0.1, 0.15) is 19.4 Å². The molecule has 174 valence electrons. The summed E-state index contributed by atoms with van der Waals surface area (Å²) < 4.78 is 6.90. The molecule has 0 fully saturated rings. The Morgan fingerprint density at radius 3 is 2.38 bits per heavy atom. The predicted molar refractivity (Wildman–Crippen MR) is 138 cm³/mol. The summed E-state index contributed by atoms with van der Waals surface area (Å²) in [6.45, 7) is 4.71. The lowest BCUT2D eigenvalue weighted by atomic mass is 10.2. The molecule has 4 aromatic rings. The molecule has 0 spiro atoms. The highest BCUT2D eigenvalue weighted by atomic mass is 32.2. The number of aromatic nitrogens is 2. The normalized spacial score (nSPS) is 11.9. The van der Waals surface area contributed by atoms with E-state index in [1.807, 2.05) is 86.6 Å². The van der Waals surface area contributed by atoms with E-state index in [4.69, 9.17) is 9.72 Å². The van der Waals surface area contributed by atoms with E-state index in [1.165, 1.54) is 11.8 Å². The lowest BCUT2D eigenvalue weighted by Gasteiger charge is -2.24. The van der Waals surface area contributed by atoms with Gasteiger partial charge in [0.25, 0.3) is 5.56 Å². The Kier molecular flexibility index (Phi) is 7.33. The molecule has 3 aromatic carbocycles. The van der Waals surface area contributed by atoms with Crippen molar-refractivity contribution < 1.29 is 9.53 Å². The van der Waals surface area contributed by atoms with Crippen molar-refractivity contribution >= 4 is 34.3 Å². The fourth-order valence-electron chi connectivity index (χ4n) is 3.79. The Balaban J connectivity index is 1.69. The molecule has 1 aromatic heterocycles. The van der Waals surface area contributed by atoms with Crippen molar-refractivity contribution in [1.29, 1.82) is 0 Å². The first-order valence-electron chi connectivity index (χ1n) is 11.2. The number of anilines is 1. The number of hydrogen-bond donors (Lipinski definition) is 0. The maximum Gasteiger partial charge on any atom is 0.262 e. The molecule has 0 saturated carbocycles. The maximum absolute atomic E-state index is 13.4. The number of carbonyl (C=O) groups excluding carboxylic acids is 1. The van der Waals surface area contributed by atoms with Crippen LogP contribution in [0.4, 0.5) is 5.69 Å². The van der Waals surface area contributed by atoms with Crippen LogP contribution in [0.15, 0.2) is 88.8 Å². The molecule has 34 heavy (non-hydrogen) atoms. The fourth-order valence-corrected chi connectivity index (χ4v) is 4.76. The van der Waals surface area contributed by atoms with Crippen LogP contribution in [-0.4, -0.2) is 34.4 Å². The van der Waals surface area contributed by atoms with E-state index >= 15 is 0 Å². The van der Waals surface area contributed by atoms with Gasteiger partial charge in [-0.15, -0.1) is 0 Å². The third-order valence-electron chi connectivity index (χ3n) is 5.61. The van der Waals surface area contributed by atoms with E-state index in [9.17, 15) is 9.59 Å². The number of hydrogen-bond acceptors (Lipinski definition) is 5. The van der Waals surface area contributed by atoms with Crippen molar-refractivity contribution in [3.05, 3.63) is 94.8 Å². The topological polar surface area (TPSA) is 64.4 Å². The molecule has 1 atom stereocenters. The molecular formula is C27H27N3O3S. The highest BCUT2D eigenvalue weighted by Crippen LogP contribution is 2.26. The lowest BCUT2D eigenvalue weighted by molar-refractivity contribution is -0.117. The van der Waals surface area contributed by atoms with E-state index < -0.39 is 5.25 Å². The molecule has 0 N–H and O–H groups in total. The Morgan fingerprint density at radius 2 is 1.71 bits per heavy atom. The molecule has 1 unspecified atom stereocenters. The summed E-state index contributed by atoms with van der Waals surface area (Å²) >= 11 is 1.31. The number of fused-ring (bicyclic) bond motifs is 1. The number of benzene rings is 3. The molecule has 4 rings (SSSR count). The van der Waals surface area contributed by atoms with Gasteiger partial charge in [0.2, 0.25) is 5.91 Å². The summed E-state index contributed by atoms with van der Waals surface area (Å²) in [5.74, 6) is 0.722. The molecule has 1 amide bonds. The standard InChI is InChI=1S/C27H27N3O3S/c1-4-29(21-10-6-5-7-11-21)25(31)19(2)34-27-28-24-13-9-8-12-23(24)26(32)30(27)18-20-14-16-22(33-3)17-15-20/h5-17,19H,4,18H2,1-3H3. The average molecular weight is 474 g/mol. The lowest BCUT2D eigenvalue weighted by Crippen LogP contribution is -2.37. The highest BCUT2D eigenvalue weighted by molar-refractivity contribution is 8.00. The summed E-state index contributed by atoms with van der Waals surface area (Å²) in [5, 5.41) is 0.638. The van der Waals surface area contributed by atoms with Crippen LogP contribution in [0.25, 0.3) is 10.9 Å². The van der Waals surface area contributed by atoms with Gasteiger partial charge in [-0.3, -0.25) is 14.2 Å². The monoisotopic (exact) mass is 473 g/mol. The smallest absolute Gasteiger partial charge is 0.262 e. The van der Waals surface area contributed by atoms with E-state index in [-0.39, 0.29) is 11.5 Å². The summed E-state index contributed by atoms with van der Waals surface area (Å²) in [7, 11) is 1.62. The number of ether oxygens (including phenoxy) is 1. The molecule has 0 aliphatic carbocycles. The molecule has 0 aliphatic heterocycles. The minimum absolute atomic E-state index is 0.0305. The van der Waals surface area contributed by atoms with Crippen LogP contribution in [0, 0.1) is 0 Å². The number of rotatable bonds is 8. The molecular weight excluding hydrogens is 446 g/mol. The van der Waals surface area contributed by atoms with Crippen LogP contribution >= 0.6 is 11.8 Å². The summed E-state index contributed by atoms with van der Waals surface area (Å²) in [6.07, 6.45) is 0. The minimum atomic E-state index is -0.435. The second-order valence-electron chi connectivity index (χ2n) is 7.83. The van der Waals surface area contributed by atoms with Gasteiger partial charge in [-0.1, -0.05) is 54.2 Å². The van der Waals surface area contributed by atoms with Crippen LogP contribution in [0.5, 0.6) is 5.75 Å². The van der Waals surface area contributed by atoms with Gasteiger partial charge in [0.05, 0.1) is 29.8 Å². The van der Waals surface area contributed by atoms with Crippen molar-refractivity contribution in [2.75, 3.05) is 18.6 Å². The van der Waals surface area contributed by atoms with E-state index in [2.05, 4.69) is 0 Å². The summed E-state index contributed by atoms with van der Waals surface area (Å²) in [6, 6.07) is 24.5. The highest BCUT2D eigenvalue weighted by Gasteiger charge is 2.24. The van der Waals surface area contributed by atoms with E-state index in [0.29, 0.717) is 29.1 Å². The average Bonchev–Trinajstić information content (AvgIpc) is 2.87. The zero-order valence-electron chi connectivity index (χ0n) is 19.5. The number of thioether (sulfide) groups is 1. The Labute approximate surface area is 203 Å². The van der Waals surface area contributed by atoms with Crippen LogP contribution in [0.2, 0.25) is 0 Å². The van der Waals surface area contributed by atoms with Gasteiger partial charge >= 0.3 is 0 Å². The van der Waals surface area contributed by atoms with E-state index in [1.54, 1.807) is 22.6 Å². The van der Waals surface area contributed by atoms with Gasteiger partial charge in [-0.05, 0) is 55.8 Å². The van der Waals surface area contributed by atoms with Crippen molar-refractivity contribution in [1.82, 2.24) is 9.55 Å². The molecule has 0 aliphatic rings. The summed E-state index contributed by atoms with van der Waals surface area (Å²) in [5.41, 5.74) is 2.29. The quantitative estimate of drug-likeness (QED) is 0.267. The molecule has 7 heteroatoms. The van der Waals surface area contributed by atoms with Crippen molar-refractivity contribution in [3.8, 4) is 5.75 Å². The predicted octanol–water partition coefficient (Wildman–Crippen LogP) is 4.99. The fraction of sp³-hybridized carbons (Fsp3) is 0.222. The van der Waals surface area contributed by atoms with Crippen molar-refractivity contribution in [3.63, 3.8) is 0 Å². The van der Waals surface area contributed by atoms with Gasteiger partial charge < -0.3 is 9.64 Å². The molecule has 0 saturated heterocycles. The van der Waals surface area contributed by atoms with Gasteiger partial charge in [0.15, 0.2) is 5.16 Å². The van der Waals surface area contributed by atoms with E-state index in [0.717, 1.165) is 17.0 Å². The molecule has 1 heterocycles. The largest absolute Gasteiger partial charge is 0.497 e. The number of amides is 1. The zero-order valence-corrected chi connectivity index (χ0v) is 20.3. The second kappa shape index (κ2) is 10.6. The first-order valence-corrected chi connectivity index (χ1v) is 12.1. The van der Waals surface area contributed by atoms with Crippen molar-refractivity contribution in [2.45, 2.75) is 30.8 Å². The van der Waals surface area contributed by atoms with Crippen molar-refractivity contribution in [2.24, 2.45) is 0 Å².